The molecule has 4 heteroatoms. The second-order valence-corrected chi connectivity index (χ2v) is 3.52. The number of halogens is 1. The lowest BCUT2D eigenvalue weighted by Crippen LogP contribution is -2.12. The molecule has 0 aliphatic carbocycles. The van der Waals surface area contributed by atoms with Crippen LogP contribution in [-0.2, 0) is 0 Å². The van der Waals surface area contributed by atoms with E-state index in [2.05, 4.69) is 0 Å². The average Bonchev–Trinajstić information content (AvgIpc) is 2.16. The molecule has 0 saturated heterocycles. The predicted octanol–water partition coefficient (Wildman–Crippen LogP) is 1.54. The van der Waals surface area contributed by atoms with Crippen LogP contribution in [0.5, 0.6) is 0 Å². The van der Waals surface area contributed by atoms with E-state index < -0.39 is 11.9 Å². The predicted molar refractivity (Wildman–Crippen MR) is 52.2 cm³/mol. The standard InChI is InChI=1S/C9H12FNOS/c1-13-6-2-3-7(8(10)4-6)9(12)5-11/h2-4,9,12H,5,11H2,1H3. The van der Waals surface area contributed by atoms with Gasteiger partial charge in [-0.1, -0.05) is 6.07 Å². The summed E-state index contributed by atoms with van der Waals surface area (Å²) in [6.45, 7) is 0.0372. The van der Waals surface area contributed by atoms with Crippen molar-refractivity contribution in [1.82, 2.24) is 0 Å². The fourth-order valence-corrected chi connectivity index (χ4v) is 1.46. The highest BCUT2D eigenvalue weighted by Gasteiger charge is 2.10. The van der Waals surface area contributed by atoms with Gasteiger partial charge in [-0.2, -0.15) is 0 Å². The van der Waals surface area contributed by atoms with Crippen LogP contribution in [0.2, 0.25) is 0 Å². The Hall–Kier alpha value is -0.580. The van der Waals surface area contributed by atoms with E-state index in [4.69, 9.17) is 5.73 Å². The monoisotopic (exact) mass is 201 g/mol. The van der Waals surface area contributed by atoms with Crippen molar-refractivity contribution >= 4 is 11.8 Å². The minimum Gasteiger partial charge on any atom is -0.387 e. The summed E-state index contributed by atoms with van der Waals surface area (Å²) in [5.74, 6) is -0.398. The molecule has 0 heterocycles. The first-order valence-corrected chi connectivity index (χ1v) is 5.13. The third-order valence-electron chi connectivity index (χ3n) is 1.79. The molecule has 0 fully saturated rings. The molecule has 0 radical (unpaired) electrons. The number of benzene rings is 1. The van der Waals surface area contributed by atoms with E-state index in [0.717, 1.165) is 4.90 Å². The van der Waals surface area contributed by atoms with Gasteiger partial charge in [0, 0.05) is 17.0 Å². The van der Waals surface area contributed by atoms with E-state index in [1.165, 1.54) is 17.8 Å². The molecule has 1 aromatic carbocycles. The zero-order valence-corrected chi connectivity index (χ0v) is 8.14. The summed E-state index contributed by atoms with van der Waals surface area (Å²) in [5, 5.41) is 9.30. The van der Waals surface area contributed by atoms with Crippen molar-refractivity contribution in [2.75, 3.05) is 12.8 Å². The van der Waals surface area contributed by atoms with E-state index >= 15 is 0 Å². The van der Waals surface area contributed by atoms with Crippen molar-refractivity contribution in [2.24, 2.45) is 5.73 Å². The van der Waals surface area contributed by atoms with Gasteiger partial charge in [-0.15, -0.1) is 11.8 Å². The molecule has 1 unspecified atom stereocenters. The Morgan fingerprint density at radius 1 is 1.62 bits per heavy atom. The highest BCUT2D eigenvalue weighted by molar-refractivity contribution is 7.98. The van der Waals surface area contributed by atoms with Gasteiger partial charge in [0.15, 0.2) is 0 Å². The molecule has 0 aliphatic heterocycles. The van der Waals surface area contributed by atoms with Gasteiger partial charge in [-0.05, 0) is 18.4 Å². The van der Waals surface area contributed by atoms with Gasteiger partial charge < -0.3 is 10.8 Å². The van der Waals surface area contributed by atoms with E-state index in [9.17, 15) is 9.50 Å². The second-order valence-electron chi connectivity index (χ2n) is 2.64. The van der Waals surface area contributed by atoms with Gasteiger partial charge in [-0.25, -0.2) is 4.39 Å². The highest BCUT2D eigenvalue weighted by Crippen LogP contribution is 2.22. The Bertz CT molecular complexity index is 293. The van der Waals surface area contributed by atoms with Crippen molar-refractivity contribution in [3.63, 3.8) is 0 Å². The van der Waals surface area contributed by atoms with Crippen LogP contribution < -0.4 is 5.73 Å². The fourth-order valence-electron chi connectivity index (χ4n) is 1.03. The van der Waals surface area contributed by atoms with Gasteiger partial charge >= 0.3 is 0 Å². The van der Waals surface area contributed by atoms with E-state index in [1.807, 2.05) is 6.26 Å². The number of aliphatic hydroxyl groups excluding tert-OH is 1. The molecule has 1 atom stereocenters. The quantitative estimate of drug-likeness (QED) is 0.729. The number of rotatable bonds is 3. The number of nitrogens with two attached hydrogens (primary N) is 1. The molecule has 13 heavy (non-hydrogen) atoms. The first-order valence-electron chi connectivity index (χ1n) is 3.90. The maximum Gasteiger partial charge on any atom is 0.130 e. The van der Waals surface area contributed by atoms with Crippen molar-refractivity contribution in [2.45, 2.75) is 11.0 Å². The lowest BCUT2D eigenvalue weighted by atomic mass is 10.1. The van der Waals surface area contributed by atoms with Crippen LogP contribution in [0.3, 0.4) is 0 Å². The van der Waals surface area contributed by atoms with Crippen molar-refractivity contribution < 1.29 is 9.50 Å². The Morgan fingerprint density at radius 3 is 2.77 bits per heavy atom. The van der Waals surface area contributed by atoms with Crippen LogP contribution in [0.1, 0.15) is 11.7 Å². The molecule has 0 amide bonds. The lowest BCUT2D eigenvalue weighted by molar-refractivity contribution is 0.181. The van der Waals surface area contributed by atoms with Crippen molar-refractivity contribution in [3.05, 3.63) is 29.6 Å². The number of hydrogen-bond donors (Lipinski definition) is 2. The van der Waals surface area contributed by atoms with Crippen LogP contribution in [0, 0.1) is 5.82 Å². The topological polar surface area (TPSA) is 46.2 Å². The van der Waals surface area contributed by atoms with E-state index in [1.54, 1.807) is 12.1 Å². The number of thioether (sulfide) groups is 1. The number of aliphatic hydroxyl groups is 1. The summed E-state index contributed by atoms with van der Waals surface area (Å²) in [6.07, 6.45) is 0.962. The molecule has 0 aromatic heterocycles. The molecule has 1 aromatic rings. The maximum atomic E-state index is 13.2. The summed E-state index contributed by atoms with van der Waals surface area (Å²) in [7, 11) is 0. The van der Waals surface area contributed by atoms with Gasteiger partial charge in [0.2, 0.25) is 0 Å². The normalized spacial score (nSPS) is 12.9. The summed E-state index contributed by atoms with van der Waals surface area (Å²) >= 11 is 1.46. The van der Waals surface area contributed by atoms with Gasteiger partial charge in [-0.3, -0.25) is 0 Å². The smallest absolute Gasteiger partial charge is 0.130 e. The van der Waals surface area contributed by atoms with Crippen molar-refractivity contribution in [1.29, 1.82) is 0 Å². The Morgan fingerprint density at radius 2 is 2.31 bits per heavy atom. The molecule has 1 rings (SSSR count). The first kappa shape index (κ1) is 10.5. The Labute approximate surface area is 80.9 Å². The van der Waals surface area contributed by atoms with Crippen LogP contribution in [0.4, 0.5) is 4.39 Å². The Balaban J connectivity index is 2.98. The van der Waals surface area contributed by atoms with E-state index in [-0.39, 0.29) is 12.1 Å². The largest absolute Gasteiger partial charge is 0.387 e. The lowest BCUT2D eigenvalue weighted by Gasteiger charge is -2.09. The summed E-state index contributed by atoms with van der Waals surface area (Å²) < 4.78 is 13.2. The maximum absolute atomic E-state index is 13.2. The highest BCUT2D eigenvalue weighted by atomic mass is 32.2. The summed E-state index contributed by atoms with van der Waals surface area (Å²) in [4.78, 5) is 0.838. The summed E-state index contributed by atoms with van der Waals surface area (Å²) in [5.41, 5.74) is 5.49. The first-order chi connectivity index (χ1) is 6.19. The number of hydrogen-bond acceptors (Lipinski definition) is 3. The van der Waals surface area contributed by atoms with Gasteiger partial charge in [0.05, 0.1) is 6.10 Å². The summed E-state index contributed by atoms with van der Waals surface area (Å²) in [6, 6.07) is 4.74. The van der Waals surface area contributed by atoms with Crippen LogP contribution in [0.25, 0.3) is 0 Å². The fraction of sp³-hybridized carbons (Fsp3) is 0.333. The van der Waals surface area contributed by atoms with Gasteiger partial charge in [0.1, 0.15) is 5.82 Å². The third kappa shape index (κ3) is 2.43. The second kappa shape index (κ2) is 4.60. The molecular weight excluding hydrogens is 189 g/mol. The van der Waals surface area contributed by atoms with Crippen LogP contribution in [-0.4, -0.2) is 17.9 Å². The molecule has 72 valence electrons. The zero-order chi connectivity index (χ0) is 9.84. The molecule has 0 bridgehead atoms. The average molecular weight is 201 g/mol. The zero-order valence-electron chi connectivity index (χ0n) is 7.33. The molecule has 2 nitrogen and oxygen atoms in total. The molecule has 0 spiro atoms. The molecular formula is C9H12FNOS. The van der Waals surface area contributed by atoms with Crippen LogP contribution in [0.15, 0.2) is 23.1 Å². The minimum atomic E-state index is -0.907. The third-order valence-corrected chi connectivity index (χ3v) is 2.52. The van der Waals surface area contributed by atoms with Crippen molar-refractivity contribution in [3.8, 4) is 0 Å². The molecule has 3 N–H and O–H groups in total. The van der Waals surface area contributed by atoms with Gasteiger partial charge in [0.25, 0.3) is 0 Å². The van der Waals surface area contributed by atoms with E-state index in [0.29, 0.717) is 0 Å². The SMILES string of the molecule is CSc1ccc(C(O)CN)c(F)c1. The minimum absolute atomic E-state index is 0.0372. The Kier molecular flexibility index (Phi) is 3.71. The molecule has 0 aliphatic rings. The van der Waals surface area contributed by atoms with Crippen LogP contribution >= 0.6 is 11.8 Å². The molecule has 0 saturated carbocycles.